The van der Waals surface area contributed by atoms with E-state index in [0.29, 0.717) is 16.1 Å². The smallest absolute Gasteiger partial charge is 0.238 e. The molecule has 120 valence electrons. The Morgan fingerprint density at radius 1 is 1.17 bits per heavy atom. The van der Waals surface area contributed by atoms with Gasteiger partial charge in [-0.25, -0.2) is 18.2 Å². The van der Waals surface area contributed by atoms with Crippen molar-refractivity contribution in [1.29, 1.82) is 5.26 Å². The van der Waals surface area contributed by atoms with Crippen LogP contribution in [0.15, 0.2) is 59.8 Å². The third-order valence-electron chi connectivity index (χ3n) is 3.41. The minimum atomic E-state index is -4.07. The maximum Gasteiger partial charge on any atom is 0.240 e. The van der Waals surface area contributed by atoms with Gasteiger partial charge in [-0.3, -0.25) is 0 Å². The van der Waals surface area contributed by atoms with Crippen LogP contribution in [0.4, 0.5) is 0 Å². The summed E-state index contributed by atoms with van der Waals surface area (Å²) < 4.78 is 25.4. The molecular formula is C16H11ClN4O2S. The molecule has 0 spiro atoms. The number of nitriles is 1. The van der Waals surface area contributed by atoms with Crippen LogP contribution in [0.2, 0.25) is 5.02 Å². The van der Waals surface area contributed by atoms with E-state index in [1.54, 1.807) is 42.6 Å². The maximum absolute atomic E-state index is 12.1. The molecule has 0 radical (unpaired) electrons. The fourth-order valence-electron chi connectivity index (χ4n) is 2.36. The normalized spacial score (nSPS) is 11.2. The molecule has 0 saturated heterocycles. The summed E-state index contributed by atoms with van der Waals surface area (Å²) in [4.78, 5) is -0.171. The number of benzene rings is 2. The fraction of sp³-hybridized carbons (Fsp3) is 0. The predicted molar refractivity (Wildman–Crippen MR) is 90.1 cm³/mol. The summed E-state index contributed by atoms with van der Waals surface area (Å²) in [5.41, 5.74) is 1.54. The quantitative estimate of drug-likeness (QED) is 0.777. The first-order valence-corrected chi connectivity index (χ1v) is 8.69. The first-order chi connectivity index (χ1) is 11.4. The van der Waals surface area contributed by atoms with Gasteiger partial charge in [-0.2, -0.15) is 10.4 Å². The SMILES string of the molecule is N#Cc1cc(-c2ccc(Cl)cc2)cc(S(N)(=O)=O)c1-n1cccn1. The van der Waals surface area contributed by atoms with E-state index < -0.39 is 10.0 Å². The molecule has 0 fully saturated rings. The molecule has 2 aromatic carbocycles. The largest absolute Gasteiger partial charge is 0.240 e. The number of nitrogens with two attached hydrogens (primary N) is 1. The second-order valence-electron chi connectivity index (χ2n) is 4.98. The fourth-order valence-corrected chi connectivity index (χ4v) is 3.25. The topological polar surface area (TPSA) is 102 Å². The van der Waals surface area contributed by atoms with Crippen LogP contribution in [-0.2, 0) is 10.0 Å². The zero-order valence-electron chi connectivity index (χ0n) is 12.2. The summed E-state index contributed by atoms with van der Waals surface area (Å²) in [6.07, 6.45) is 3.04. The van der Waals surface area contributed by atoms with E-state index in [1.807, 2.05) is 6.07 Å². The van der Waals surface area contributed by atoms with E-state index in [9.17, 15) is 13.7 Å². The zero-order valence-corrected chi connectivity index (χ0v) is 13.8. The van der Waals surface area contributed by atoms with Gasteiger partial charge in [0, 0.05) is 17.4 Å². The maximum atomic E-state index is 12.1. The number of hydrogen-bond acceptors (Lipinski definition) is 4. The van der Waals surface area contributed by atoms with Gasteiger partial charge in [0.05, 0.1) is 5.56 Å². The molecule has 0 aliphatic carbocycles. The zero-order chi connectivity index (χ0) is 17.3. The third-order valence-corrected chi connectivity index (χ3v) is 4.59. The summed E-state index contributed by atoms with van der Waals surface area (Å²) in [5, 5.41) is 19.4. The molecule has 0 saturated carbocycles. The molecule has 3 rings (SSSR count). The summed E-state index contributed by atoms with van der Waals surface area (Å²) in [6.45, 7) is 0. The lowest BCUT2D eigenvalue weighted by atomic mass is 10.0. The average molecular weight is 359 g/mol. The predicted octanol–water partition coefficient (Wildman–Crippen LogP) is 2.71. The van der Waals surface area contributed by atoms with E-state index in [4.69, 9.17) is 16.7 Å². The van der Waals surface area contributed by atoms with Crippen LogP contribution in [0.5, 0.6) is 0 Å². The summed E-state index contributed by atoms with van der Waals surface area (Å²) in [5.74, 6) is 0. The Labute approximate surface area is 143 Å². The Hall–Kier alpha value is -2.66. The number of rotatable bonds is 3. The molecule has 1 heterocycles. The van der Waals surface area contributed by atoms with Crippen LogP contribution in [0, 0.1) is 11.3 Å². The van der Waals surface area contributed by atoms with E-state index >= 15 is 0 Å². The van der Waals surface area contributed by atoms with Crippen molar-refractivity contribution in [3.8, 4) is 22.9 Å². The van der Waals surface area contributed by atoms with Gasteiger partial charge in [0.15, 0.2) is 0 Å². The molecule has 0 aliphatic heterocycles. The van der Waals surface area contributed by atoms with Crippen LogP contribution >= 0.6 is 11.6 Å². The van der Waals surface area contributed by atoms with Gasteiger partial charge >= 0.3 is 0 Å². The van der Waals surface area contributed by atoms with Crippen LogP contribution in [0.3, 0.4) is 0 Å². The van der Waals surface area contributed by atoms with Crippen molar-refractivity contribution in [3.05, 3.63) is 65.4 Å². The van der Waals surface area contributed by atoms with Gasteiger partial charge in [-0.15, -0.1) is 0 Å². The van der Waals surface area contributed by atoms with Gasteiger partial charge in [-0.1, -0.05) is 23.7 Å². The lowest BCUT2D eigenvalue weighted by molar-refractivity contribution is 0.596. The molecule has 8 heteroatoms. The molecular weight excluding hydrogens is 348 g/mol. The van der Waals surface area contributed by atoms with Crippen molar-refractivity contribution in [2.75, 3.05) is 0 Å². The molecule has 0 bridgehead atoms. The minimum Gasteiger partial charge on any atom is -0.238 e. The van der Waals surface area contributed by atoms with Crippen molar-refractivity contribution in [3.63, 3.8) is 0 Å². The standard InChI is InChI=1S/C16H11ClN4O2S/c17-14-4-2-11(3-5-14)12-8-13(10-18)16(21-7-1-6-20-21)15(9-12)24(19,22)23/h1-9H,(H2,19,22,23). The van der Waals surface area contributed by atoms with Crippen molar-refractivity contribution < 1.29 is 8.42 Å². The van der Waals surface area contributed by atoms with Crippen LogP contribution in [-0.4, -0.2) is 18.2 Å². The van der Waals surface area contributed by atoms with Crippen LogP contribution in [0.1, 0.15) is 5.56 Å². The van der Waals surface area contributed by atoms with Gasteiger partial charge in [0.1, 0.15) is 16.7 Å². The Bertz CT molecular complexity index is 1040. The van der Waals surface area contributed by atoms with Crippen molar-refractivity contribution >= 4 is 21.6 Å². The van der Waals surface area contributed by atoms with E-state index in [2.05, 4.69) is 5.10 Å². The first kappa shape index (κ1) is 16.2. The lowest BCUT2D eigenvalue weighted by Gasteiger charge is -2.13. The van der Waals surface area contributed by atoms with Crippen LogP contribution < -0.4 is 5.14 Å². The second-order valence-corrected chi connectivity index (χ2v) is 6.95. The Kier molecular flexibility index (Phi) is 4.11. The van der Waals surface area contributed by atoms with Gasteiger partial charge in [-0.05, 0) is 41.5 Å². The molecule has 0 aliphatic rings. The lowest BCUT2D eigenvalue weighted by Crippen LogP contribution is -2.17. The molecule has 6 nitrogen and oxygen atoms in total. The van der Waals surface area contributed by atoms with Crippen LogP contribution in [0.25, 0.3) is 16.8 Å². The summed E-state index contributed by atoms with van der Waals surface area (Å²) >= 11 is 5.87. The molecule has 2 N–H and O–H groups in total. The molecule has 3 aromatic rings. The molecule has 0 atom stereocenters. The van der Waals surface area contributed by atoms with Gasteiger partial charge in [0.2, 0.25) is 10.0 Å². The van der Waals surface area contributed by atoms with E-state index in [0.717, 1.165) is 0 Å². The van der Waals surface area contributed by atoms with E-state index in [1.165, 1.54) is 16.9 Å². The number of halogens is 1. The Morgan fingerprint density at radius 3 is 2.42 bits per heavy atom. The molecule has 24 heavy (non-hydrogen) atoms. The highest BCUT2D eigenvalue weighted by Gasteiger charge is 2.21. The number of nitrogens with zero attached hydrogens (tertiary/aromatic N) is 3. The average Bonchev–Trinajstić information content (AvgIpc) is 3.07. The van der Waals surface area contributed by atoms with E-state index in [-0.39, 0.29) is 16.1 Å². The third kappa shape index (κ3) is 3.03. The number of hydrogen-bond donors (Lipinski definition) is 1. The molecule has 0 unspecified atom stereocenters. The minimum absolute atomic E-state index is 0.128. The number of sulfonamides is 1. The Morgan fingerprint density at radius 2 is 1.88 bits per heavy atom. The first-order valence-electron chi connectivity index (χ1n) is 6.77. The summed E-state index contributed by atoms with van der Waals surface area (Å²) in [6, 6.07) is 13.5. The second kappa shape index (κ2) is 6.09. The Balaban J connectivity index is 2.33. The van der Waals surface area contributed by atoms with Gasteiger partial charge in [0.25, 0.3) is 0 Å². The highest BCUT2D eigenvalue weighted by atomic mass is 35.5. The number of aromatic nitrogens is 2. The van der Waals surface area contributed by atoms with Crippen molar-refractivity contribution in [2.24, 2.45) is 5.14 Å². The highest BCUT2D eigenvalue weighted by Crippen LogP contribution is 2.30. The van der Waals surface area contributed by atoms with Crippen molar-refractivity contribution in [2.45, 2.75) is 4.90 Å². The highest BCUT2D eigenvalue weighted by molar-refractivity contribution is 7.89. The van der Waals surface area contributed by atoms with Crippen molar-refractivity contribution in [1.82, 2.24) is 9.78 Å². The number of primary sulfonamides is 1. The monoisotopic (exact) mass is 358 g/mol. The van der Waals surface area contributed by atoms with Gasteiger partial charge < -0.3 is 0 Å². The summed E-state index contributed by atoms with van der Waals surface area (Å²) in [7, 11) is -4.07. The molecule has 0 amide bonds. The molecule has 1 aromatic heterocycles.